The molecule has 1 aliphatic rings. The molecule has 0 unspecified atom stereocenters. The Kier molecular flexibility index (Phi) is 6.23. The zero-order valence-electron chi connectivity index (χ0n) is 17.6. The van der Waals surface area contributed by atoms with Crippen molar-refractivity contribution in [3.63, 3.8) is 0 Å². The number of carbonyl (C=O) groups excluding carboxylic acids is 1. The lowest BCUT2D eigenvalue weighted by molar-refractivity contribution is 0.000689. The maximum atomic E-state index is 12.3. The highest BCUT2D eigenvalue weighted by atomic mass is 16.7. The molecule has 0 saturated carbocycles. The average Bonchev–Trinajstić information content (AvgIpc) is 3.10. The third-order valence-electron chi connectivity index (χ3n) is 5.70. The zero-order chi connectivity index (χ0) is 20.9. The monoisotopic (exact) mass is 407 g/mol. The number of nitrogens with zero attached hydrogens (tertiary/aromatic N) is 2. The number of para-hydroxylation sites is 1. The Hall–Kier alpha value is -2.99. The maximum Gasteiger partial charge on any atom is 0.251 e. The van der Waals surface area contributed by atoms with Gasteiger partial charge in [0.25, 0.3) is 5.91 Å². The van der Waals surface area contributed by atoms with Crippen LogP contribution in [0.15, 0.2) is 54.6 Å². The van der Waals surface area contributed by atoms with Gasteiger partial charge < -0.3 is 19.8 Å². The number of benzene rings is 2. The van der Waals surface area contributed by atoms with Gasteiger partial charge in [-0.05, 0) is 56.2 Å². The van der Waals surface area contributed by atoms with Gasteiger partial charge in [-0.1, -0.05) is 18.2 Å². The number of ether oxygens (including phenoxy) is 1. The average molecular weight is 408 g/mol. The Labute approximate surface area is 177 Å². The Morgan fingerprint density at radius 1 is 1.10 bits per heavy atom. The van der Waals surface area contributed by atoms with E-state index < -0.39 is 0 Å². The highest BCUT2D eigenvalue weighted by Gasteiger charge is 2.22. The number of rotatable bonds is 7. The number of carbonyl (C=O) groups is 1. The van der Waals surface area contributed by atoms with Crippen LogP contribution in [-0.2, 0) is 0 Å². The molecule has 158 valence electrons. The van der Waals surface area contributed by atoms with Crippen molar-refractivity contribution < 1.29 is 14.4 Å². The first kappa shape index (κ1) is 20.3. The van der Waals surface area contributed by atoms with Crippen LogP contribution < -0.4 is 14.9 Å². The van der Waals surface area contributed by atoms with Gasteiger partial charge in [-0.2, -0.15) is 4.73 Å². The fraction of sp³-hybridized carbons (Fsp3) is 0.375. The number of amides is 1. The van der Waals surface area contributed by atoms with Gasteiger partial charge in [0.1, 0.15) is 11.9 Å². The Balaban J connectivity index is 1.22. The molecule has 0 spiro atoms. The number of likely N-dealkylation sites (tertiary alicyclic amines) is 1. The summed E-state index contributed by atoms with van der Waals surface area (Å²) in [5, 5.41) is 4.21. The molecule has 1 saturated heterocycles. The van der Waals surface area contributed by atoms with Gasteiger partial charge in [-0.15, -0.1) is 0 Å². The molecule has 1 N–H and O–H groups in total. The van der Waals surface area contributed by atoms with Crippen molar-refractivity contribution in [1.29, 1.82) is 0 Å². The van der Waals surface area contributed by atoms with E-state index in [1.54, 1.807) is 31.4 Å². The standard InChI is InChI=1S/C24H29N3O3/c1-18-17-20-5-3-4-6-23(20)27(18)30-22-11-14-26(15-12-22)16-13-25-24(28)19-7-9-21(29-2)10-8-19/h3-10,17,22H,11-16H2,1-2H3,(H,25,28). The largest absolute Gasteiger partial charge is 0.497 e. The molecule has 30 heavy (non-hydrogen) atoms. The lowest BCUT2D eigenvalue weighted by Gasteiger charge is -2.32. The molecule has 2 heterocycles. The van der Waals surface area contributed by atoms with Crippen LogP contribution in [0.25, 0.3) is 10.9 Å². The normalized spacial score (nSPS) is 15.3. The van der Waals surface area contributed by atoms with Crippen molar-refractivity contribution in [2.45, 2.75) is 25.9 Å². The van der Waals surface area contributed by atoms with Crippen LogP contribution in [0.4, 0.5) is 0 Å². The molecule has 0 radical (unpaired) electrons. The van der Waals surface area contributed by atoms with Crippen LogP contribution in [0.5, 0.6) is 5.75 Å². The highest BCUT2D eigenvalue weighted by molar-refractivity contribution is 5.94. The number of fused-ring (bicyclic) bond motifs is 1. The van der Waals surface area contributed by atoms with Crippen molar-refractivity contribution in [2.24, 2.45) is 0 Å². The van der Waals surface area contributed by atoms with Crippen LogP contribution in [0, 0.1) is 6.92 Å². The van der Waals surface area contributed by atoms with Gasteiger partial charge in [0.2, 0.25) is 0 Å². The van der Waals surface area contributed by atoms with Gasteiger partial charge in [0, 0.05) is 37.1 Å². The van der Waals surface area contributed by atoms with E-state index in [9.17, 15) is 4.79 Å². The van der Waals surface area contributed by atoms with Gasteiger partial charge >= 0.3 is 0 Å². The smallest absolute Gasteiger partial charge is 0.251 e. The zero-order valence-corrected chi connectivity index (χ0v) is 17.6. The molecule has 0 atom stereocenters. The fourth-order valence-electron chi connectivity index (χ4n) is 3.97. The number of hydrogen-bond acceptors (Lipinski definition) is 4. The summed E-state index contributed by atoms with van der Waals surface area (Å²) in [6.07, 6.45) is 2.18. The second-order valence-corrected chi connectivity index (χ2v) is 7.77. The van der Waals surface area contributed by atoms with Crippen molar-refractivity contribution in [3.8, 4) is 5.75 Å². The Morgan fingerprint density at radius 3 is 2.57 bits per heavy atom. The SMILES string of the molecule is COc1ccc(C(=O)NCCN2CCC(On3c(C)cc4ccccc43)CC2)cc1. The fourth-order valence-corrected chi connectivity index (χ4v) is 3.97. The number of methoxy groups -OCH3 is 1. The van der Waals surface area contributed by atoms with E-state index >= 15 is 0 Å². The Bertz CT molecular complexity index is 989. The summed E-state index contributed by atoms with van der Waals surface area (Å²) in [6, 6.07) is 17.6. The summed E-state index contributed by atoms with van der Waals surface area (Å²) >= 11 is 0. The first-order chi connectivity index (χ1) is 14.6. The summed E-state index contributed by atoms with van der Waals surface area (Å²) in [7, 11) is 1.62. The number of aryl methyl sites for hydroxylation is 1. The second-order valence-electron chi connectivity index (χ2n) is 7.77. The molecule has 1 fully saturated rings. The topological polar surface area (TPSA) is 55.7 Å². The summed E-state index contributed by atoms with van der Waals surface area (Å²) in [4.78, 5) is 21.0. The van der Waals surface area contributed by atoms with Crippen molar-refractivity contribution in [1.82, 2.24) is 14.9 Å². The van der Waals surface area contributed by atoms with Crippen molar-refractivity contribution in [3.05, 3.63) is 65.9 Å². The molecule has 1 amide bonds. The predicted octanol–water partition coefficient (Wildman–Crippen LogP) is 3.28. The van der Waals surface area contributed by atoms with E-state index in [-0.39, 0.29) is 12.0 Å². The number of hydrogen-bond donors (Lipinski definition) is 1. The third-order valence-corrected chi connectivity index (χ3v) is 5.70. The molecule has 6 nitrogen and oxygen atoms in total. The van der Waals surface area contributed by atoms with Gasteiger partial charge in [0.05, 0.1) is 18.3 Å². The maximum absolute atomic E-state index is 12.3. The molecule has 2 aromatic carbocycles. The Morgan fingerprint density at radius 2 is 1.83 bits per heavy atom. The minimum Gasteiger partial charge on any atom is -0.497 e. The molecule has 6 heteroatoms. The van der Waals surface area contributed by atoms with E-state index in [4.69, 9.17) is 9.57 Å². The molecule has 0 aliphatic carbocycles. The minimum atomic E-state index is -0.0502. The van der Waals surface area contributed by atoms with Crippen LogP contribution >= 0.6 is 0 Å². The van der Waals surface area contributed by atoms with Crippen LogP contribution in [-0.4, -0.2) is 54.9 Å². The third kappa shape index (κ3) is 4.60. The highest BCUT2D eigenvalue weighted by Crippen LogP contribution is 2.20. The van der Waals surface area contributed by atoms with Crippen LogP contribution in [0.1, 0.15) is 28.9 Å². The summed E-state index contributed by atoms with van der Waals surface area (Å²) in [5.41, 5.74) is 2.90. The summed E-state index contributed by atoms with van der Waals surface area (Å²) < 4.78 is 7.11. The quantitative estimate of drug-likeness (QED) is 0.653. The second kappa shape index (κ2) is 9.22. The van der Waals surface area contributed by atoms with Gasteiger partial charge in [0.15, 0.2) is 0 Å². The van der Waals surface area contributed by atoms with E-state index in [1.807, 2.05) is 10.8 Å². The molecule has 1 aromatic heterocycles. The predicted molar refractivity (Wildman–Crippen MR) is 118 cm³/mol. The summed E-state index contributed by atoms with van der Waals surface area (Å²) in [6.45, 7) is 5.51. The molecule has 1 aliphatic heterocycles. The summed E-state index contributed by atoms with van der Waals surface area (Å²) in [5.74, 6) is 0.700. The molecule has 0 bridgehead atoms. The molecular formula is C24H29N3O3. The number of piperidine rings is 1. The number of nitrogens with one attached hydrogen (secondary N) is 1. The van der Waals surface area contributed by atoms with Crippen LogP contribution in [0.3, 0.4) is 0 Å². The van der Waals surface area contributed by atoms with Gasteiger partial charge in [-0.25, -0.2) is 0 Å². The molecule has 3 aromatic rings. The van der Waals surface area contributed by atoms with Gasteiger partial charge in [-0.3, -0.25) is 4.79 Å². The van der Waals surface area contributed by atoms with E-state index in [0.29, 0.717) is 12.1 Å². The molecular weight excluding hydrogens is 378 g/mol. The van der Waals surface area contributed by atoms with E-state index in [2.05, 4.69) is 41.4 Å². The van der Waals surface area contributed by atoms with Crippen molar-refractivity contribution >= 4 is 16.8 Å². The first-order valence-corrected chi connectivity index (χ1v) is 10.5. The minimum absolute atomic E-state index is 0.0502. The first-order valence-electron chi connectivity index (χ1n) is 10.5. The van der Waals surface area contributed by atoms with Crippen molar-refractivity contribution in [2.75, 3.05) is 33.3 Å². The van der Waals surface area contributed by atoms with E-state index in [1.165, 1.54) is 5.39 Å². The number of aromatic nitrogens is 1. The lowest BCUT2D eigenvalue weighted by Crippen LogP contribution is -2.43. The van der Waals surface area contributed by atoms with E-state index in [0.717, 1.165) is 49.4 Å². The van der Waals surface area contributed by atoms with Crippen LogP contribution in [0.2, 0.25) is 0 Å². The lowest BCUT2D eigenvalue weighted by atomic mass is 10.1. The molecule has 4 rings (SSSR count).